The third-order valence-electron chi connectivity index (χ3n) is 3.78. The highest BCUT2D eigenvalue weighted by Crippen LogP contribution is 2.18. The number of nitrogens with one attached hydrogen (secondary N) is 1. The molecule has 3 rings (SSSR count). The van der Waals surface area contributed by atoms with Crippen molar-refractivity contribution in [2.45, 2.75) is 13.1 Å². The van der Waals surface area contributed by atoms with E-state index >= 15 is 0 Å². The van der Waals surface area contributed by atoms with Gasteiger partial charge in [0.25, 0.3) is 5.56 Å². The highest BCUT2D eigenvalue weighted by molar-refractivity contribution is 6.32. The second-order valence-corrected chi connectivity index (χ2v) is 5.90. The van der Waals surface area contributed by atoms with Crippen molar-refractivity contribution in [3.63, 3.8) is 0 Å². The summed E-state index contributed by atoms with van der Waals surface area (Å²) in [5.74, 6) is 0.779. The highest BCUT2D eigenvalue weighted by atomic mass is 35.5. The minimum atomic E-state index is -0.318. The maximum absolute atomic E-state index is 12.4. The molecule has 2 aromatic carbocycles. The molecule has 25 heavy (non-hydrogen) atoms. The quantitative estimate of drug-likeness (QED) is 0.734. The Kier molecular flexibility index (Phi) is 5.36. The molecule has 0 fully saturated rings. The first-order valence-electron chi connectivity index (χ1n) is 7.83. The number of aromatic nitrogens is 2. The number of methoxy groups -OCH3 is 1. The predicted molar refractivity (Wildman–Crippen MR) is 99.4 cm³/mol. The van der Waals surface area contributed by atoms with Crippen LogP contribution in [0.2, 0.25) is 5.02 Å². The summed E-state index contributed by atoms with van der Waals surface area (Å²) in [6, 6.07) is 17.3. The van der Waals surface area contributed by atoms with Crippen LogP contribution in [-0.4, -0.2) is 16.9 Å². The average molecular weight is 356 g/mol. The molecule has 128 valence electrons. The Morgan fingerprint density at radius 3 is 2.64 bits per heavy atom. The zero-order chi connectivity index (χ0) is 17.6. The molecule has 0 aliphatic rings. The summed E-state index contributed by atoms with van der Waals surface area (Å²) in [4.78, 5) is 12.4. The summed E-state index contributed by atoms with van der Waals surface area (Å²) in [5.41, 5.74) is 2.20. The third-order valence-corrected chi connectivity index (χ3v) is 4.14. The van der Waals surface area contributed by atoms with Gasteiger partial charge >= 0.3 is 0 Å². The molecule has 0 saturated heterocycles. The van der Waals surface area contributed by atoms with E-state index in [1.54, 1.807) is 13.3 Å². The first kappa shape index (κ1) is 17.0. The lowest BCUT2D eigenvalue weighted by Gasteiger charge is -2.11. The number of benzene rings is 2. The molecule has 0 saturated carbocycles. The molecule has 0 atom stereocenters. The average Bonchev–Trinajstić information content (AvgIpc) is 2.66. The molecule has 1 heterocycles. The number of ether oxygens (including phenoxy) is 1. The maximum atomic E-state index is 12.4. The standard InChI is InChI=1S/C19H18ClN3O2/c1-25-16-9-5-8-15(10-16)11-21-17-12-22-23(19(24)18(17)20)13-14-6-3-2-4-7-14/h2-10,12,21H,11,13H2,1H3. The summed E-state index contributed by atoms with van der Waals surface area (Å²) < 4.78 is 6.56. The molecule has 1 aromatic heterocycles. The Morgan fingerprint density at radius 1 is 1.12 bits per heavy atom. The van der Waals surface area contributed by atoms with Gasteiger partial charge in [0, 0.05) is 6.54 Å². The number of hydrogen-bond donors (Lipinski definition) is 1. The molecule has 0 spiro atoms. The van der Waals surface area contributed by atoms with Crippen molar-refractivity contribution in [3.05, 3.63) is 87.3 Å². The molecule has 0 amide bonds. The van der Waals surface area contributed by atoms with E-state index in [-0.39, 0.29) is 10.6 Å². The summed E-state index contributed by atoms with van der Waals surface area (Å²) in [6.07, 6.45) is 1.58. The summed E-state index contributed by atoms with van der Waals surface area (Å²) in [7, 11) is 1.62. The van der Waals surface area contributed by atoms with Gasteiger partial charge in [-0.3, -0.25) is 4.79 Å². The normalized spacial score (nSPS) is 10.5. The van der Waals surface area contributed by atoms with Gasteiger partial charge in [0.2, 0.25) is 0 Å². The summed E-state index contributed by atoms with van der Waals surface area (Å²) >= 11 is 6.23. The van der Waals surface area contributed by atoms with Gasteiger partial charge in [0.1, 0.15) is 10.8 Å². The lowest BCUT2D eigenvalue weighted by molar-refractivity contribution is 0.414. The lowest BCUT2D eigenvalue weighted by atomic mass is 10.2. The first-order valence-corrected chi connectivity index (χ1v) is 8.21. The monoisotopic (exact) mass is 355 g/mol. The zero-order valence-corrected chi connectivity index (χ0v) is 14.5. The number of halogens is 1. The molecule has 1 N–H and O–H groups in total. The topological polar surface area (TPSA) is 56.1 Å². The Labute approximate surface area is 150 Å². The van der Waals surface area contributed by atoms with Crippen LogP contribution in [0, 0.1) is 0 Å². The van der Waals surface area contributed by atoms with E-state index in [1.807, 2.05) is 54.6 Å². The van der Waals surface area contributed by atoms with Crippen LogP contribution in [0.5, 0.6) is 5.75 Å². The molecule has 6 heteroatoms. The number of rotatable bonds is 6. The van der Waals surface area contributed by atoms with Crippen molar-refractivity contribution in [2.75, 3.05) is 12.4 Å². The van der Waals surface area contributed by atoms with Crippen LogP contribution in [0.4, 0.5) is 5.69 Å². The smallest absolute Gasteiger partial charge is 0.287 e. The van der Waals surface area contributed by atoms with E-state index in [0.29, 0.717) is 18.8 Å². The van der Waals surface area contributed by atoms with E-state index in [1.165, 1.54) is 4.68 Å². The molecule has 0 bridgehead atoms. The number of hydrogen-bond acceptors (Lipinski definition) is 4. The predicted octanol–water partition coefficient (Wildman–Crippen LogP) is 3.57. The van der Waals surface area contributed by atoms with Crippen LogP contribution >= 0.6 is 11.6 Å². The Balaban J connectivity index is 1.75. The maximum Gasteiger partial charge on any atom is 0.287 e. The number of anilines is 1. The lowest BCUT2D eigenvalue weighted by Crippen LogP contribution is -2.24. The van der Waals surface area contributed by atoms with Gasteiger partial charge in [-0.1, -0.05) is 54.1 Å². The third kappa shape index (κ3) is 4.19. The SMILES string of the molecule is COc1cccc(CNc2cnn(Cc3ccccc3)c(=O)c2Cl)c1. The van der Waals surface area contributed by atoms with Crippen molar-refractivity contribution in [2.24, 2.45) is 0 Å². The van der Waals surface area contributed by atoms with Gasteiger partial charge in [0.05, 0.1) is 25.5 Å². The van der Waals surface area contributed by atoms with Gasteiger partial charge in [-0.15, -0.1) is 0 Å². The Bertz CT molecular complexity index is 910. The molecule has 0 aliphatic heterocycles. The van der Waals surface area contributed by atoms with Crippen molar-refractivity contribution < 1.29 is 4.74 Å². The second kappa shape index (κ2) is 7.85. The van der Waals surface area contributed by atoms with Crippen LogP contribution < -0.4 is 15.6 Å². The zero-order valence-electron chi connectivity index (χ0n) is 13.8. The fraction of sp³-hybridized carbons (Fsp3) is 0.158. The van der Waals surface area contributed by atoms with Gasteiger partial charge in [-0.2, -0.15) is 5.10 Å². The van der Waals surface area contributed by atoms with E-state index in [9.17, 15) is 4.79 Å². The van der Waals surface area contributed by atoms with Crippen molar-refractivity contribution in [1.82, 2.24) is 9.78 Å². The van der Waals surface area contributed by atoms with Crippen molar-refractivity contribution in [3.8, 4) is 5.75 Å². The van der Waals surface area contributed by atoms with Crippen molar-refractivity contribution in [1.29, 1.82) is 0 Å². The van der Waals surface area contributed by atoms with Gasteiger partial charge in [-0.05, 0) is 23.3 Å². The molecular weight excluding hydrogens is 338 g/mol. The largest absolute Gasteiger partial charge is 0.497 e. The van der Waals surface area contributed by atoms with Crippen molar-refractivity contribution >= 4 is 17.3 Å². The fourth-order valence-corrected chi connectivity index (χ4v) is 2.65. The minimum Gasteiger partial charge on any atom is -0.497 e. The second-order valence-electron chi connectivity index (χ2n) is 5.53. The van der Waals surface area contributed by atoms with Crippen LogP contribution in [-0.2, 0) is 13.1 Å². The van der Waals surface area contributed by atoms with Gasteiger partial charge in [0.15, 0.2) is 0 Å². The van der Waals surface area contributed by atoms with E-state index in [2.05, 4.69) is 10.4 Å². The Hall–Kier alpha value is -2.79. The molecular formula is C19H18ClN3O2. The highest BCUT2D eigenvalue weighted by Gasteiger charge is 2.09. The fourth-order valence-electron chi connectivity index (χ4n) is 2.44. The van der Waals surface area contributed by atoms with E-state index < -0.39 is 0 Å². The summed E-state index contributed by atoms with van der Waals surface area (Å²) in [6.45, 7) is 0.899. The molecule has 3 aromatic rings. The van der Waals surface area contributed by atoms with E-state index in [0.717, 1.165) is 16.9 Å². The van der Waals surface area contributed by atoms with Gasteiger partial charge < -0.3 is 10.1 Å². The van der Waals surface area contributed by atoms with Crippen LogP contribution in [0.15, 0.2) is 65.6 Å². The first-order chi connectivity index (χ1) is 12.2. The number of nitrogens with zero attached hydrogens (tertiary/aromatic N) is 2. The molecule has 5 nitrogen and oxygen atoms in total. The molecule has 0 unspecified atom stereocenters. The summed E-state index contributed by atoms with van der Waals surface area (Å²) in [5, 5.41) is 7.50. The van der Waals surface area contributed by atoms with Crippen LogP contribution in [0.25, 0.3) is 0 Å². The van der Waals surface area contributed by atoms with E-state index in [4.69, 9.17) is 16.3 Å². The van der Waals surface area contributed by atoms with Gasteiger partial charge in [-0.25, -0.2) is 4.68 Å². The minimum absolute atomic E-state index is 0.133. The molecule has 0 aliphatic carbocycles. The Morgan fingerprint density at radius 2 is 1.88 bits per heavy atom. The van der Waals surface area contributed by atoms with Crippen LogP contribution in [0.1, 0.15) is 11.1 Å². The van der Waals surface area contributed by atoms with Crippen LogP contribution in [0.3, 0.4) is 0 Å². The molecule has 0 radical (unpaired) electrons.